The lowest BCUT2D eigenvalue weighted by molar-refractivity contribution is -0.149. The molecule has 4 atom stereocenters. The second-order valence-corrected chi connectivity index (χ2v) is 19.0. The molecule has 4 amide bonds. The molecule has 0 aliphatic rings. The van der Waals surface area contributed by atoms with Crippen LogP contribution in [0.2, 0.25) is 0 Å². The lowest BCUT2D eigenvalue weighted by atomic mass is 10.0. The maximum Gasteiger partial charge on any atom is 0.329 e. The van der Waals surface area contributed by atoms with Crippen LogP contribution >= 0.6 is 0 Å². The molecule has 16 heteroatoms. The van der Waals surface area contributed by atoms with Crippen molar-refractivity contribution in [3.8, 4) is 11.5 Å². The standard InChI is InChI=1S/C66H62N6O10/c73-61(67-55(39-47-23-7-1-8-24-47)63(75)69-57(41-49-27-11-3-12-28-49)65(77)81-43-51-31-15-5-16-32-51)45-79-59-37-21-19-35-53(59)71-72-54-36-20-22-38-60(54)80-46-62(74)68-56(40-48-25-9-2-10-26-48)64(76)70-58(42-50-29-13-4-14-30-50)66(78)82-44-52-33-17-6-18-34-52/h1-38,55-58H,39-46H2,(H,67,73)(H,68,74)(H,69,75)(H,70,76)/t55-,56-,57-,58-/m0/s1. The molecule has 0 fully saturated rings. The van der Waals surface area contributed by atoms with Gasteiger partial charge in [0.05, 0.1) is 0 Å². The number of para-hydroxylation sites is 2. The van der Waals surface area contributed by atoms with Gasteiger partial charge in [-0.25, -0.2) is 9.59 Å². The van der Waals surface area contributed by atoms with Crippen LogP contribution in [0.3, 0.4) is 0 Å². The van der Waals surface area contributed by atoms with E-state index in [0.717, 1.165) is 33.4 Å². The predicted molar refractivity (Wildman–Crippen MR) is 309 cm³/mol. The molecule has 416 valence electrons. The number of rotatable bonds is 28. The van der Waals surface area contributed by atoms with Crippen LogP contribution in [-0.4, -0.2) is 72.9 Å². The molecule has 0 bridgehead atoms. The lowest BCUT2D eigenvalue weighted by Gasteiger charge is -2.23. The van der Waals surface area contributed by atoms with Crippen molar-refractivity contribution in [2.45, 2.75) is 63.1 Å². The van der Waals surface area contributed by atoms with Crippen LogP contribution in [0.4, 0.5) is 11.4 Å². The topological polar surface area (TPSA) is 212 Å². The Bertz CT molecular complexity index is 3130. The normalized spacial score (nSPS) is 12.3. The fourth-order valence-corrected chi connectivity index (χ4v) is 8.60. The van der Waals surface area contributed by atoms with Gasteiger partial charge in [0.1, 0.15) is 60.3 Å². The quantitative estimate of drug-likeness (QED) is 0.0270. The Kier molecular flexibility index (Phi) is 21.8. The first kappa shape index (κ1) is 57.9. The maximum absolute atomic E-state index is 14.2. The van der Waals surface area contributed by atoms with Crippen LogP contribution in [0.1, 0.15) is 33.4 Å². The van der Waals surface area contributed by atoms with Crippen molar-refractivity contribution in [2.24, 2.45) is 10.2 Å². The Labute approximate surface area is 475 Å². The Morgan fingerprint density at radius 2 is 0.585 bits per heavy atom. The summed E-state index contributed by atoms with van der Waals surface area (Å²) < 4.78 is 23.3. The van der Waals surface area contributed by atoms with Gasteiger partial charge < -0.3 is 40.2 Å². The molecule has 0 spiro atoms. The fraction of sp³-hybridized carbons (Fsp3) is 0.182. The van der Waals surface area contributed by atoms with E-state index in [1.807, 2.05) is 182 Å². The molecular weight excluding hydrogens is 1040 g/mol. The number of nitrogens with zero attached hydrogens (tertiary/aromatic N) is 2. The Morgan fingerprint density at radius 1 is 0.317 bits per heavy atom. The molecule has 8 aromatic carbocycles. The summed E-state index contributed by atoms with van der Waals surface area (Å²) in [6.45, 7) is -0.999. The van der Waals surface area contributed by atoms with E-state index in [-0.39, 0.29) is 61.8 Å². The zero-order valence-corrected chi connectivity index (χ0v) is 44.9. The highest BCUT2D eigenvalue weighted by molar-refractivity contribution is 5.92. The number of esters is 2. The first-order valence-corrected chi connectivity index (χ1v) is 26.7. The second kappa shape index (κ2) is 30.8. The largest absolute Gasteiger partial charge is 0.481 e. The molecule has 0 aliphatic heterocycles. The van der Waals surface area contributed by atoms with Crippen LogP contribution in [-0.2, 0) is 77.1 Å². The summed E-state index contributed by atoms with van der Waals surface area (Å²) in [5.74, 6) is -3.30. The van der Waals surface area contributed by atoms with Gasteiger partial charge in [-0.05, 0) is 57.6 Å². The summed E-state index contributed by atoms with van der Waals surface area (Å²) in [5, 5.41) is 20.1. The number of amides is 4. The highest BCUT2D eigenvalue weighted by Gasteiger charge is 2.31. The number of carbonyl (C=O) groups is 6. The molecule has 0 aromatic heterocycles. The van der Waals surface area contributed by atoms with Crippen LogP contribution in [0.25, 0.3) is 0 Å². The Balaban J connectivity index is 0.900. The average Bonchev–Trinajstić information content (AvgIpc) is 3.52. The predicted octanol–water partition coefficient (Wildman–Crippen LogP) is 9.26. The van der Waals surface area contributed by atoms with Gasteiger partial charge in [0.25, 0.3) is 11.8 Å². The van der Waals surface area contributed by atoms with Crippen molar-refractivity contribution >= 4 is 46.9 Å². The lowest BCUT2D eigenvalue weighted by Crippen LogP contribution is -2.54. The minimum absolute atomic E-state index is 0.0124. The monoisotopic (exact) mass is 1100 g/mol. The minimum atomic E-state index is -1.11. The van der Waals surface area contributed by atoms with Gasteiger partial charge in [0.15, 0.2) is 13.2 Å². The number of nitrogens with one attached hydrogen (secondary N) is 4. The van der Waals surface area contributed by atoms with E-state index in [9.17, 15) is 28.8 Å². The third-order valence-corrected chi connectivity index (χ3v) is 12.8. The SMILES string of the molecule is O=C(COc1ccccc1N=Nc1ccccc1OCC(=O)N[C@@H](Cc1ccccc1)C(=O)N[C@@H](Cc1ccccc1)C(=O)OCc1ccccc1)N[C@@H](Cc1ccccc1)C(=O)N[C@@H](Cc1ccccc1)C(=O)OCc1ccccc1. The maximum atomic E-state index is 14.2. The van der Waals surface area contributed by atoms with E-state index < -0.39 is 72.9 Å². The van der Waals surface area contributed by atoms with E-state index in [2.05, 4.69) is 31.5 Å². The number of benzene rings is 8. The van der Waals surface area contributed by atoms with Crippen molar-refractivity contribution in [3.05, 3.63) is 264 Å². The molecule has 8 rings (SSSR count). The third kappa shape index (κ3) is 18.7. The molecule has 0 aliphatic carbocycles. The number of carbonyl (C=O) groups excluding carboxylic acids is 6. The molecule has 8 aromatic rings. The summed E-state index contributed by atoms with van der Waals surface area (Å²) in [7, 11) is 0. The molecule has 4 N–H and O–H groups in total. The van der Waals surface area contributed by atoms with Gasteiger partial charge in [0, 0.05) is 25.7 Å². The molecule has 0 radical (unpaired) electrons. The van der Waals surface area contributed by atoms with Crippen molar-refractivity contribution in [2.75, 3.05) is 13.2 Å². The van der Waals surface area contributed by atoms with Gasteiger partial charge in [-0.2, -0.15) is 0 Å². The average molecular weight is 1100 g/mol. The van der Waals surface area contributed by atoms with Gasteiger partial charge in [-0.3, -0.25) is 19.2 Å². The van der Waals surface area contributed by atoms with E-state index >= 15 is 0 Å². The second-order valence-electron chi connectivity index (χ2n) is 19.0. The third-order valence-electron chi connectivity index (χ3n) is 12.8. The highest BCUT2D eigenvalue weighted by atomic mass is 16.5. The molecule has 82 heavy (non-hydrogen) atoms. The summed E-state index contributed by atoms with van der Waals surface area (Å²) in [6.07, 6.45) is 0.515. The molecule has 0 heterocycles. The highest BCUT2D eigenvalue weighted by Crippen LogP contribution is 2.32. The van der Waals surface area contributed by atoms with Crippen molar-refractivity contribution in [3.63, 3.8) is 0 Å². The number of hydrogen-bond acceptors (Lipinski definition) is 12. The van der Waals surface area contributed by atoms with Gasteiger partial charge in [0.2, 0.25) is 11.8 Å². The van der Waals surface area contributed by atoms with E-state index in [0.29, 0.717) is 0 Å². The molecule has 0 saturated carbocycles. The van der Waals surface area contributed by atoms with Crippen LogP contribution in [0.5, 0.6) is 11.5 Å². The van der Waals surface area contributed by atoms with Crippen molar-refractivity contribution in [1.29, 1.82) is 0 Å². The smallest absolute Gasteiger partial charge is 0.329 e. The molecule has 0 unspecified atom stereocenters. The van der Waals surface area contributed by atoms with Crippen LogP contribution in [0, 0.1) is 0 Å². The number of azo groups is 1. The van der Waals surface area contributed by atoms with Crippen molar-refractivity contribution in [1.82, 2.24) is 21.3 Å². The van der Waals surface area contributed by atoms with Gasteiger partial charge in [-0.1, -0.05) is 206 Å². The van der Waals surface area contributed by atoms with Crippen LogP contribution < -0.4 is 30.7 Å². The van der Waals surface area contributed by atoms with Crippen molar-refractivity contribution < 1.29 is 47.7 Å². The fourth-order valence-electron chi connectivity index (χ4n) is 8.60. The Hall–Kier alpha value is -10.2. The summed E-state index contributed by atoms with van der Waals surface area (Å²) >= 11 is 0. The van der Waals surface area contributed by atoms with E-state index in [1.165, 1.54) is 0 Å². The zero-order valence-electron chi connectivity index (χ0n) is 44.9. The first-order chi connectivity index (χ1) is 40.1. The number of ether oxygens (including phenoxy) is 4. The summed E-state index contributed by atoms with van der Waals surface area (Å²) in [4.78, 5) is 82.9. The summed E-state index contributed by atoms with van der Waals surface area (Å²) in [5.41, 5.74) is 5.22. The van der Waals surface area contributed by atoms with E-state index in [4.69, 9.17) is 18.9 Å². The van der Waals surface area contributed by atoms with Gasteiger partial charge >= 0.3 is 11.9 Å². The zero-order chi connectivity index (χ0) is 57.1. The minimum Gasteiger partial charge on any atom is -0.481 e. The summed E-state index contributed by atoms with van der Waals surface area (Å²) in [6, 6.07) is 64.2. The van der Waals surface area contributed by atoms with E-state index in [1.54, 1.807) is 48.5 Å². The molecule has 16 nitrogen and oxygen atoms in total. The molecular formula is C66H62N6O10. The van der Waals surface area contributed by atoms with Gasteiger partial charge in [-0.15, -0.1) is 10.2 Å². The Morgan fingerprint density at radius 3 is 0.902 bits per heavy atom. The number of hydrogen-bond donors (Lipinski definition) is 4. The first-order valence-electron chi connectivity index (χ1n) is 26.7. The molecule has 0 saturated heterocycles. The van der Waals surface area contributed by atoms with Crippen LogP contribution in [0.15, 0.2) is 241 Å².